The lowest BCUT2D eigenvalue weighted by Gasteiger charge is -2.22. The molecule has 4 N–H and O–H groups in total. The molecule has 8 rings (SSSR count). The van der Waals surface area contributed by atoms with Gasteiger partial charge in [0.15, 0.2) is 0 Å². The molecule has 2 aromatic heterocycles. The van der Waals surface area contributed by atoms with Gasteiger partial charge in [0.1, 0.15) is 0 Å². The molecule has 4 aromatic carbocycles. The zero-order valence-electron chi connectivity index (χ0n) is 30.9. The average molecular weight is 853 g/mol. The Labute approximate surface area is 342 Å². The van der Waals surface area contributed by atoms with E-state index in [9.17, 15) is 55.1 Å². The summed E-state index contributed by atoms with van der Waals surface area (Å²) < 4.78 is 98.9. The van der Waals surface area contributed by atoms with Crippen molar-refractivity contribution in [2.75, 3.05) is 21.3 Å². The number of rotatable bonds is 7. The topological polar surface area (TPSA) is 205 Å². The SMILES string of the molecule is Nc1ccc(OC(=O)c2ccc3c(c2)C(=O)N(c2ccc(-c4ccc(N5C(=O)c6ccc(C(=O)Oc7ccc(N)cn7)cc6C5=O)cc4C(F)(F)F)c(C(F)(F)F)c2)C3=O)nc1. The largest absolute Gasteiger partial charge is 0.417 e. The number of hydrogen-bond donors (Lipinski definition) is 2. The summed E-state index contributed by atoms with van der Waals surface area (Å²) in [4.78, 5) is 87.8. The number of nitrogen functional groups attached to an aromatic ring is 2. The van der Waals surface area contributed by atoms with Crippen LogP contribution in [0.3, 0.4) is 0 Å². The number of carbonyl (C=O) groups is 6. The number of imide groups is 2. The molecule has 20 heteroatoms. The average Bonchev–Trinajstić information content (AvgIpc) is 3.64. The van der Waals surface area contributed by atoms with Crippen molar-refractivity contribution in [2.45, 2.75) is 12.4 Å². The second-order valence-corrected chi connectivity index (χ2v) is 13.5. The molecule has 4 amide bonds. The molecule has 6 aromatic rings. The molecule has 0 spiro atoms. The van der Waals surface area contributed by atoms with Gasteiger partial charge in [0, 0.05) is 12.1 Å². The van der Waals surface area contributed by atoms with Gasteiger partial charge in [0.05, 0.1) is 79.7 Å². The van der Waals surface area contributed by atoms with E-state index in [0.29, 0.717) is 34.1 Å². The number of benzene rings is 4. The van der Waals surface area contributed by atoms with Crippen molar-refractivity contribution in [3.8, 4) is 22.9 Å². The number of hydrogen-bond acceptors (Lipinski definition) is 12. The quantitative estimate of drug-likeness (QED) is 0.0917. The van der Waals surface area contributed by atoms with Crippen LogP contribution < -0.4 is 30.7 Å². The number of pyridine rings is 2. The number of carbonyl (C=O) groups excluding carboxylic acids is 6. The maximum atomic E-state index is 14.8. The fourth-order valence-electron chi connectivity index (χ4n) is 6.70. The highest BCUT2D eigenvalue weighted by Crippen LogP contribution is 2.46. The Morgan fingerprint density at radius 2 is 0.823 bits per heavy atom. The van der Waals surface area contributed by atoms with E-state index >= 15 is 0 Å². The van der Waals surface area contributed by atoms with Crippen LogP contribution >= 0.6 is 0 Å². The van der Waals surface area contributed by atoms with Crippen molar-refractivity contribution in [1.82, 2.24) is 9.97 Å². The van der Waals surface area contributed by atoms with Crippen LogP contribution in [0.5, 0.6) is 11.8 Å². The Kier molecular flexibility index (Phi) is 9.56. The van der Waals surface area contributed by atoms with E-state index < -0.39 is 81.5 Å². The Balaban J connectivity index is 1.10. The number of nitrogens with zero attached hydrogens (tertiary/aromatic N) is 4. The molecule has 0 atom stereocenters. The Hall–Kier alpha value is -8.42. The number of fused-ring (bicyclic) bond motifs is 2. The number of esters is 2. The van der Waals surface area contributed by atoms with Gasteiger partial charge in [-0.1, -0.05) is 12.1 Å². The van der Waals surface area contributed by atoms with E-state index in [0.717, 1.165) is 48.5 Å². The van der Waals surface area contributed by atoms with E-state index in [2.05, 4.69) is 9.97 Å². The summed E-state index contributed by atoms with van der Waals surface area (Å²) in [7, 11) is 0. The van der Waals surface area contributed by atoms with E-state index in [4.69, 9.17) is 20.9 Å². The smallest absolute Gasteiger partial charge is 0.404 e. The Morgan fingerprint density at radius 3 is 1.16 bits per heavy atom. The minimum Gasteiger partial charge on any atom is -0.404 e. The number of amides is 4. The predicted octanol–water partition coefficient (Wildman–Crippen LogP) is 7.39. The number of aromatic nitrogens is 2. The number of ether oxygens (including phenoxy) is 2. The maximum Gasteiger partial charge on any atom is 0.417 e. The molecule has 0 saturated heterocycles. The van der Waals surface area contributed by atoms with Crippen molar-refractivity contribution >= 4 is 58.3 Å². The van der Waals surface area contributed by atoms with Crippen LogP contribution in [-0.2, 0) is 12.4 Å². The van der Waals surface area contributed by atoms with Gasteiger partial charge >= 0.3 is 24.3 Å². The molecule has 2 aliphatic rings. The van der Waals surface area contributed by atoms with E-state index in [-0.39, 0.29) is 56.5 Å². The summed E-state index contributed by atoms with van der Waals surface area (Å²) in [6.45, 7) is 0. The molecule has 0 aliphatic carbocycles. The first-order chi connectivity index (χ1) is 29.3. The number of halogens is 6. The molecule has 0 unspecified atom stereocenters. The zero-order chi connectivity index (χ0) is 44.4. The Morgan fingerprint density at radius 1 is 0.468 bits per heavy atom. The highest BCUT2D eigenvalue weighted by atomic mass is 19.4. The van der Waals surface area contributed by atoms with Crippen LogP contribution in [0.2, 0.25) is 0 Å². The lowest BCUT2D eigenvalue weighted by Crippen LogP contribution is -2.30. The normalized spacial score (nSPS) is 13.6. The van der Waals surface area contributed by atoms with Gasteiger partial charge in [-0.2, -0.15) is 26.3 Å². The number of anilines is 4. The van der Waals surface area contributed by atoms with Crippen molar-refractivity contribution in [3.63, 3.8) is 0 Å². The van der Waals surface area contributed by atoms with E-state index in [1.54, 1.807) is 0 Å². The summed E-state index contributed by atoms with van der Waals surface area (Å²) in [6.07, 6.45) is -8.32. The van der Waals surface area contributed by atoms with Gasteiger partial charge in [0.2, 0.25) is 11.8 Å². The van der Waals surface area contributed by atoms with Crippen LogP contribution in [0.1, 0.15) is 73.3 Å². The first-order valence-electron chi connectivity index (χ1n) is 17.7. The van der Waals surface area contributed by atoms with Gasteiger partial charge in [-0.3, -0.25) is 19.2 Å². The van der Waals surface area contributed by atoms with Crippen LogP contribution in [0.25, 0.3) is 11.1 Å². The van der Waals surface area contributed by atoms with Gasteiger partial charge in [0.25, 0.3) is 23.6 Å². The predicted molar refractivity (Wildman–Crippen MR) is 204 cm³/mol. The van der Waals surface area contributed by atoms with Gasteiger partial charge < -0.3 is 20.9 Å². The third kappa shape index (κ3) is 7.18. The molecular weight excluding hydrogens is 830 g/mol. The molecule has 4 heterocycles. The molecule has 0 fully saturated rings. The third-order valence-corrected chi connectivity index (χ3v) is 9.58. The maximum absolute atomic E-state index is 14.8. The van der Waals surface area contributed by atoms with Gasteiger partial charge in [-0.15, -0.1) is 0 Å². The standard InChI is InChI=1S/C42H22F6N6O8/c43-41(44,45)31-15-23(53-35(55)27-7-1-19(13-29(27)37(53)57)39(59)61-33-11-3-21(49)17-51-33)5-9-25(31)26-10-6-24(16-32(26)42(46,47)48)54-36(56)28-8-2-20(14-30(28)38(54)58)40(60)62-34-12-4-22(50)18-52-34/h1-18H,49-50H2. The second kappa shape index (κ2) is 14.7. The number of alkyl halides is 6. The molecule has 14 nitrogen and oxygen atoms in total. The van der Waals surface area contributed by atoms with Gasteiger partial charge in [-0.25, -0.2) is 29.4 Å². The molecule has 0 bridgehead atoms. The lowest BCUT2D eigenvalue weighted by molar-refractivity contribution is -0.139. The minimum atomic E-state index is -5.37. The van der Waals surface area contributed by atoms with Crippen molar-refractivity contribution in [1.29, 1.82) is 0 Å². The fraction of sp³-hybridized carbons (Fsp3) is 0.0476. The molecule has 2 aliphatic heterocycles. The molecular formula is C42H22F6N6O8. The lowest BCUT2D eigenvalue weighted by atomic mass is 9.93. The third-order valence-electron chi connectivity index (χ3n) is 9.58. The molecule has 0 saturated carbocycles. The first kappa shape index (κ1) is 40.4. The fourth-order valence-corrected chi connectivity index (χ4v) is 6.70. The highest BCUT2D eigenvalue weighted by molar-refractivity contribution is 6.35. The summed E-state index contributed by atoms with van der Waals surface area (Å²) >= 11 is 0. The van der Waals surface area contributed by atoms with Crippen LogP contribution in [0.4, 0.5) is 49.1 Å². The van der Waals surface area contributed by atoms with Crippen LogP contribution in [0.15, 0.2) is 109 Å². The summed E-state index contributed by atoms with van der Waals surface area (Å²) in [5.74, 6) is -6.76. The number of nitrogens with two attached hydrogens (primary N) is 2. The molecule has 62 heavy (non-hydrogen) atoms. The van der Waals surface area contributed by atoms with Crippen molar-refractivity contribution in [2.24, 2.45) is 0 Å². The molecule has 310 valence electrons. The van der Waals surface area contributed by atoms with E-state index in [1.165, 1.54) is 36.7 Å². The minimum absolute atomic E-state index is 0.149. The van der Waals surface area contributed by atoms with Crippen molar-refractivity contribution in [3.05, 3.63) is 154 Å². The van der Waals surface area contributed by atoms with Crippen molar-refractivity contribution < 1.29 is 64.6 Å². The van der Waals surface area contributed by atoms with Gasteiger partial charge in [-0.05, 0) is 83.9 Å². The zero-order valence-corrected chi connectivity index (χ0v) is 30.9. The molecule has 0 radical (unpaired) electrons. The summed E-state index contributed by atoms with van der Waals surface area (Å²) in [6, 6.07) is 15.4. The second-order valence-electron chi connectivity index (χ2n) is 13.5. The first-order valence-corrected chi connectivity index (χ1v) is 17.7. The van der Waals surface area contributed by atoms with E-state index in [1.807, 2.05) is 0 Å². The van der Waals surface area contributed by atoms with Crippen LogP contribution in [-0.4, -0.2) is 45.5 Å². The monoisotopic (exact) mass is 852 g/mol. The summed E-state index contributed by atoms with van der Waals surface area (Å²) in [5.41, 5.74) is 3.19. The summed E-state index contributed by atoms with van der Waals surface area (Å²) in [5, 5.41) is 0. The highest BCUT2D eigenvalue weighted by Gasteiger charge is 2.44. The Bertz CT molecular complexity index is 2740. The van der Waals surface area contributed by atoms with Crippen LogP contribution in [0, 0.1) is 0 Å².